The van der Waals surface area contributed by atoms with Gasteiger partial charge >= 0.3 is 0 Å². The lowest BCUT2D eigenvalue weighted by Crippen LogP contribution is -2.43. The highest BCUT2D eigenvalue weighted by Gasteiger charge is 2.17. The number of aromatic nitrogens is 5. The molecule has 3 aromatic heterocycles. The first-order valence-corrected chi connectivity index (χ1v) is 9.91. The number of anilines is 3. The molecule has 0 unspecified atom stereocenters. The number of aromatic amines is 1. The van der Waals surface area contributed by atoms with E-state index in [0.717, 1.165) is 32.0 Å². The number of piperazine rings is 1. The van der Waals surface area contributed by atoms with Gasteiger partial charge < -0.3 is 20.5 Å². The van der Waals surface area contributed by atoms with Crippen molar-refractivity contribution in [2.75, 3.05) is 36.4 Å². The van der Waals surface area contributed by atoms with Crippen LogP contribution in [0.4, 0.5) is 21.8 Å². The minimum absolute atomic E-state index is 0.224. The Labute approximate surface area is 176 Å². The molecule has 0 radical (unpaired) electrons. The molecule has 5 rings (SSSR count). The van der Waals surface area contributed by atoms with Crippen LogP contribution in [0.2, 0.25) is 5.02 Å². The summed E-state index contributed by atoms with van der Waals surface area (Å²) in [5.74, 6) is 1.76. The maximum atomic E-state index is 14.3. The molecule has 4 aromatic rings. The molecule has 1 fully saturated rings. The average Bonchev–Trinajstić information content (AvgIpc) is 3.20. The van der Waals surface area contributed by atoms with Crippen LogP contribution in [-0.2, 0) is 0 Å². The van der Waals surface area contributed by atoms with Crippen molar-refractivity contribution >= 4 is 40.1 Å². The lowest BCUT2D eigenvalue weighted by Gasteiger charge is -2.28. The minimum atomic E-state index is -0.446. The Kier molecular flexibility index (Phi) is 4.89. The molecule has 0 bridgehead atoms. The summed E-state index contributed by atoms with van der Waals surface area (Å²) >= 11 is 6.18. The number of benzene rings is 1. The number of pyridine rings is 1. The average molecular weight is 425 g/mol. The largest absolute Gasteiger partial charge is 0.353 e. The van der Waals surface area contributed by atoms with E-state index >= 15 is 0 Å². The number of nitrogens with zero attached hydrogens (tertiary/aromatic N) is 5. The zero-order chi connectivity index (χ0) is 20.5. The highest BCUT2D eigenvalue weighted by Crippen LogP contribution is 2.31. The van der Waals surface area contributed by atoms with Gasteiger partial charge in [-0.15, -0.1) is 0 Å². The first-order valence-electron chi connectivity index (χ1n) is 9.53. The normalized spacial score (nSPS) is 14.3. The predicted octanol–water partition coefficient (Wildman–Crippen LogP) is 3.36. The Balaban J connectivity index is 1.44. The van der Waals surface area contributed by atoms with Gasteiger partial charge in [0.05, 0.1) is 28.5 Å². The summed E-state index contributed by atoms with van der Waals surface area (Å²) in [6.07, 6.45) is 5.04. The van der Waals surface area contributed by atoms with Crippen LogP contribution >= 0.6 is 11.6 Å². The van der Waals surface area contributed by atoms with E-state index in [4.69, 9.17) is 11.6 Å². The number of fused-ring (bicyclic) bond motifs is 1. The second-order valence-corrected chi connectivity index (χ2v) is 7.27. The molecule has 3 N–H and O–H groups in total. The van der Waals surface area contributed by atoms with Gasteiger partial charge in [0, 0.05) is 32.4 Å². The van der Waals surface area contributed by atoms with E-state index in [9.17, 15) is 4.39 Å². The SMILES string of the molecule is Fc1cccc(Cl)c1-c1nc2c(Nc3cnc(N4CCNCC4)cn3)nccc2[nH]1. The summed E-state index contributed by atoms with van der Waals surface area (Å²) in [5.41, 5.74) is 1.48. The zero-order valence-electron chi connectivity index (χ0n) is 15.9. The van der Waals surface area contributed by atoms with Crippen molar-refractivity contribution in [3.05, 3.63) is 53.7 Å². The van der Waals surface area contributed by atoms with Gasteiger partial charge in [0.2, 0.25) is 0 Å². The van der Waals surface area contributed by atoms with Crippen molar-refractivity contribution in [1.29, 1.82) is 0 Å². The maximum Gasteiger partial charge on any atom is 0.159 e. The molecule has 0 saturated carbocycles. The second kappa shape index (κ2) is 7.85. The third-order valence-electron chi connectivity index (χ3n) is 4.93. The first kappa shape index (κ1) is 18.7. The van der Waals surface area contributed by atoms with Crippen molar-refractivity contribution in [2.24, 2.45) is 0 Å². The third kappa shape index (κ3) is 3.53. The molecular weight excluding hydrogens is 407 g/mol. The molecular formula is C20H18ClFN8. The summed E-state index contributed by atoms with van der Waals surface area (Å²) in [6.45, 7) is 3.66. The van der Waals surface area contributed by atoms with Crippen LogP contribution in [0, 0.1) is 5.82 Å². The minimum Gasteiger partial charge on any atom is -0.353 e. The van der Waals surface area contributed by atoms with E-state index in [1.165, 1.54) is 6.07 Å². The number of hydrogen-bond acceptors (Lipinski definition) is 7. The van der Waals surface area contributed by atoms with Gasteiger partial charge in [-0.25, -0.2) is 24.3 Å². The molecule has 1 saturated heterocycles. The van der Waals surface area contributed by atoms with Crippen LogP contribution in [0.5, 0.6) is 0 Å². The van der Waals surface area contributed by atoms with Gasteiger partial charge in [-0.2, -0.15) is 0 Å². The smallest absolute Gasteiger partial charge is 0.159 e. The van der Waals surface area contributed by atoms with Crippen molar-refractivity contribution in [1.82, 2.24) is 30.2 Å². The Morgan fingerprint density at radius 1 is 1.07 bits per heavy atom. The lowest BCUT2D eigenvalue weighted by molar-refractivity contribution is 0.584. The summed E-state index contributed by atoms with van der Waals surface area (Å²) in [5, 5.41) is 6.74. The van der Waals surface area contributed by atoms with Crippen LogP contribution in [-0.4, -0.2) is 51.1 Å². The fourth-order valence-electron chi connectivity index (χ4n) is 3.43. The summed E-state index contributed by atoms with van der Waals surface area (Å²) in [6, 6.07) is 6.30. The molecule has 0 spiro atoms. The quantitative estimate of drug-likeness (QED) is 0.462. The molecule has 0 aliphatic carbocycles. The molecule has 1 aromatic carbocycles. The number of imidazole rings is 1. The summed E-state index contributed by atoms with van der Waals surface area (Å²) in [4.78, 5) is 23.1. The second-order valence-electron chi connectivity index (χ2n) is 6.86. The number of hydrogen-bond donors (Lipinski definition) is 3. The van der Waals surface area contributed by atoms with E-state index in [0.29, 0.717) is 28.5 Å². The Hall–Kier alpha value is -3.30. The van der Waals surface area contributed by atoms with E-state index in [1.807, 2.05) is 0 Å². The molecule has 0 amide bonds. The van der Waals surface area contributed by atoms with Crippen LogP contribution < -0.4 is 15.5 Å². The number of rotatable bonds is 4. The highest BCUT2D eigenvalue weighted by molar-refractivity contribution is 6.33. The predicted molar refractivity (Wildman–Crippen MR) is 115 cm³/mol. The monoisotopic (exact) mass is 424 g/mol. The standard InChI is InChI=1S/C20H18ClFN8/c21-12-2-1-3-13(22)17(12)19-27-14-4-5-24-20(18(14)29-19)28-15-10-26-16(11-25-15)30-8-6-23-7-9-30/h1-5,10-11,23H,6-9H2,(H,27,29)(H,24,25,28). The van der Waals surface area contributed by atoms with E-state index in [-0.39, 0.29) is 10.6 Å². The van der Waals surface area contributed by atoms with Gasteiger partial charge in [-0.3, -0.25) is 0 Å². The number of nitrogens with one attached hydrogen (secondary N) is 3. The molecule has 1 aliphatic heterocycles. The first-order chi connectivity index (χ1) is 14.7. The van der Waals surface area contributed by atoms with Crippen molar-refractivity contribution < 1.29 is 4.39 Å². The number of halogens is 2. The zero-order valence-corrected chi connectivity index (χ0v) is 16.6. The fourth-order valence-corrected chi connectivity index (χ4v) is 3.69. The number of H-pyrrole nitrogens is 1. The molecule has 1 aliphatic rings. The van der Waals surface area contributed by atoms with Crippen molar-refractivity contribution in [3.8, 4) is 11.4 Å². The highest BCUT2D eigenvalue weighted by atomic mass is 35.5. The van der Waals surface area contributed by atoms with E-state index in [1.54, 1.807) is 36.8 Å². The van der Waals surface area contributed by atoms with Crippen LogP contribution in [0.1, 0.15) is 0 Å². The Morgan fingerprint density at radius 2 is 1.93 bits per heavy atom. The van der Waals surface area contributed by atoms with Crippen molar-refractivity contribution in [3.63, 3.8) is 0 Å². The Morgan fingerprint density at radius 3 is 2.70 bits per heavy atom. The molecule has 152 valence electrons. The Bertz CT molecular complexity index is 1170. The molecule has 10 heteroatoms. The third-order valence-corrected chi connectivity index (χ3v) is 5.24. The molecule has 8 nitrogen and oxygen atoms in total. The van der Waals surface area contributed by atoms with Gasteiger partial charge in [0.25, 0.3) is 0 Å². The van der Waals surface area contributed by atoms with Gasteiger partial charge in [0.15, 0.2) is 5.82 Å². The van der Waals surface area contributed by atoms with E-state index < -0.39 is 5.82 Å². The summed E-state index contributed by atoms with van der Waals surface area (Å²) in [7, 11) is 0. The van der Waals surface area contributed by atoms with Gasteiger partial charge in [0.1, 0.15) is 28.8 Å². The van der Waals surface area contributed by atoms with Crippen molar-refractivity contribution in [2.45, 2.75) is 0 Å². The van der Waals surface area contributed by atoms with Crippen LogP contribution in [0.25, 0.3) is 22.4 Å². The molecule has 0 atom stereocenters. The van der Waals surface area contributed by atoms with Gasteiger partial charge in [-0.1, -0.05) is 17.7 Å². The van der Waals surface area contributed by atoms with E-state index in [2.05, 4.69) is 40.5 Å². The lowest BCUT2D eigenvalue weighted by atomic mass is 10.2. The topological polar surface area (TPSA) is 94.7 Å². The van der Waals surface area contributed by atoms with Crippen LogP contribution in [0.15, 0.2) is 42.9 Å². The van der Waals surface area contributed by atoms with Gasteiger partial charge in [-0.05, 0) is 18.2 Å². The molecule has 30 heavy (non-hydrogen) atoms. The maximum absolute atomic E-state index is 14.3. The fraction of sp³-hybridized carbons (Fsp3) is 0.200. The summed E-state index contributed by atoms with van der Waals surface area (Å²) < 4.78 is 14.3. The molecule has 4 heterocycles. The van der Waals surface area contributed by atoms with Crippen LogP contribution in [0.3, 0.4) is 0 Å².